The molecule has 1 aliphatic rings. The van der Waals surface area contributed by atoms with Gasteiger partial charge >= 0.3 is 5.97 Å². The van der Waals surface area contributed by atoms with Crippen molar-refractivity contribution in [2.75, 3.05) is 13.1 Å². The Hall–Kier alpha value is -2.71. The Balaban J connectivity index is 1.82. The van der Waals surface area contributed by atoms with Crippen LogP contribution < -0.4 is 5.14 Å². The standard InChI is InChI=1S/C20H22N2O5S/c21-28(25,26)17-11-9-16(10-12-17)20(24)27-18(15-7-3-1-4-8-15)19(23)22-13-5-2-6-14-22/h1,3-4,7-12,18H,2,5-6,13-14H2,(H2,21,25,26)/t18-/m1/s1. The number of nitrogens with two attached hydrogens (primary N) is 1. The van der Waals surface area contributed by atoms with Crippen LogP contribution in [-0.2, 0) is 19.6 Å². The summed E-state index contributed by atoms with van der Waals surface area (Å²) < 4.78 is 28.3. The third kappa shape index (κ3) is 4.76. The van der Waals surface area contributed by atoms with Gasteiger partial charge in [0.1, 0.15) is 0 Å². The molecule has 2 N–H and O–H groups in total. The summed E-state index contributed by atoms with van der Waals surface area (Å²) in [6.07, 6.45) is 1.88. The number of sulfonamides is 1. The second-order valence-corrected chi connectivity index (χ2v) is 8.21. The fraction of sp³-hybridized carbons (Fsp3) is 0.300. The second kappa shape index (κ2) is 8.53. The highest BCUT2D eigenvalue weighted by Crippen LogP contribution is 2.24. The Morgan fingerprint density at radius 1 is 0.929 bits per heavy atom. The van der Waals surface area contributed by atoms with Crippen molar-refractivity contribution in [3.63, 3.8) is 0 Å². The van der Waals surface area contributed by atoms with E-state index in [1.54, 1.807) is 29.2 Å². The maximum atomic E-state index is 13.0. The predicted molar refractivity (Wildman–Crippen MR) is 103 cm³/mol. The normalized spacial score (nSPS) is 15.7. The highest BCUT2D eigenvalue weighted by Gasteiger charge is 2.30. The van der Waals surface area contributed by atoms with Gasteiger partial charge in [0, 0.05) is 18.7 Å². The van der Waals surface area contributed by atoms with Crippen LogP contribution in [-0.4, -0.2) is 38.3 Å². The number of benzene rings is 2. The van der Waals surface area contributed by atoms with Crippen LogP contribution in [0.3, 0.4) is 0 Å². The number of primary sulfonamides is 1. The summed E-state index contributed by atoms with van der Waals surface area (Å²) in [6, 6.07) is 13.9. The van der Waals surface area contributed by atoms with Crippen molar-refractivity contribution in [2.24, 2.45) is 5.14 Å². The SMILES string of the molecule is NS(=O)(=O)c1ccc(C(=O)O[C@@H](C(=O)N2CCCCC2)c2ccccc2)cc1. The molecule has 28 heavy (non-hydrogen) atoms. The zero-order valence-corrected chi connectivity index (χ0v) is 16.1. The monoisotopic (exact) mass is 402 g/mol. The summed E-state index contributed by atoms with van der Waals surface area (Å²) >= 11 is 0. The maximum absolute atomic E-state index is 13.0. The first-order valence-corrected chi connectivity index (χ1v) is 10.6. The quantitative estimate of drug-likeness (QED) is 0.772. The van der Waals surface area contributed by atoms with Crippen LogP contribution in [0.25, 0.3) is 0 Å². The second-order valence-electron chi connectivity index (χ2n) is 6.65. The first-order chi connectivity index (χ1) is 13.4. The van der Waals surface area contributed by atoms with Crippen molar-refractivity contribution >= 4 is 21.9 Å². The molecule has 0 bridgehead atoms. The summed E-state index contributed by atoms with van der Waals surface area (Å²) in [7, 11) is -3.85. The van der Waals surface area contributed by atoms with E-state index in [2.05, 4.69) is 0 Å². The molecule has 0 radical (unpaired) electrons. The Morgan fingerprint density at radius 2 is 1.54 bits per heavy atom. The fourth-order valence-corrected chi connectivity index (χ4v) is 3.64. The van der Waals surface area contributed by atoms with Crippen LogP contribution >= 0.6 is 0 Å². The van der Waals surface area contributed by atoms with E-state index in [0.717, 1.165) is 19.3 Å². The first kappa shape index (κ1) is 20.0. The molecule has 1 heterocycles. The van der Waals surface area contributed by atoms with E-state index in [-0.39, 0.29) is 16.4 Å². The molecule has 148 valence electrons. The maximum Gasteiger partial charge on any atom is 0.339 e. The number of rotatable bonds is 5. The first-order valence-electron chi connectivity index (χ1n) is 9.04. The number of carbonyl (C=O) groups is 2. The van der Waals surface area contributed by atoms with E-state index in [4.69, 9.17) is 9.88 Å². The number of likely N-dealkylation sites (tertiary alicyclic amines) is 1. The van der Waals surface area contributed by atoms with Gasteiger partial charge < -0.3 is 9.64 Å². The van der Waals surface area contributed by atoms with Gasteiger partial charge in [0.15, 0.2) is 0 Å². The summed E-state index contributed by atoms with van der Waals surface area (Å²) in [5, 5.41) is 5.07. The molecular formula is C20H22N2O5S. The molecule has 0 saturated carbocycles. The molecule has 3 rings (SSSR count). The number of esters is 1. The molecule has 2 aromatic rings. The van der Waals surface area contributed by atoms with Crippen molar-refractivity contribution < 1.29 is 22.7 Å². The lowest BCUT2D eigenvalue weighted by molar-refractivity contribution is -0.142. The van der Waals surface area contributed by atoms with Gasteiger partial charge in [-0.15, -0.1) is 0 Å². The minimum Gasteiger partial charge on any atom is -0.444 e. The molecule has 8 heteroatoms. The molecule has 7 nitrogen and oxygen atoms in total. The summed E-state index contributed by atoms with van der Waals surface area (Å²) in [5.41, 5.74) is 0.729. The van der Waals surface area contributed by atoms with Gasteiger partial charge in [0.2, 0.25) is 16.1 Å². The number of carbonyl (C=O) groups excluding carboxylic acids is 2. The topological polar surface area (TPSA) is 107 Å². The number of hydrogen-bond acceptors (Lipinski definition) is 5. The average molecular weight is 402 g/mol. The number of nitrogens with zero attached hydrogens (tertiary/aromatic N) is 1. The van der Waals surface area contributed by atoms with Gasteiger partial charge in [-0.2, -0.15) is 0 Å². The molecule has 2 aromatic carbocycles. The van der Waals surface area contributed by atoms with Gasteiger partial charge in [0.25, 0.3) is 5.91 Å². The molecule has 0 unspecified atom stereocenters. The third-order valence-corrected chi connectivity index (χ3v) is 5.57. The van der Waals surface area contributed by atoms with Crippen LogP contribution in [0.15, 0.2) is 59.5 Å². The third-order valence-electron chi connectivity index (χ3n) is 4.64. The lowest BCUT2D eigenvalue weighted by Gasteiger charge is -2.30. The zero-order valence-electron chi connectivity index (χ0n) is 15.3. The highest BCUT2D eigenvalue weighted by atomic mass is 32.2. The van der Waals surface area contributed by atoms with Crippen LogP contribution in [0.1, 0.15) is 41.3 Å². The molecule has 0 aliphatic carbocycles. The van der Waals surface area contributed by atoms with E-state index < -0.39 is 22.1 Å². The van der Waals surface area contributed by atoms with Crippen LogP contribution in [0.4, 0.5) is 0 Å². The molecular weight excluding hydrogens is 380 g/mol. The van der Waals surface area contributed by atoms with Gasteiger partial charge in [0.05, 0.1) is 10.5 Å². The van der Waals surface area contributed by atoms with Crippen LogP contribution in [0.2, 0.25) is 0 Å². The van der Waals surface area contributed by atoms with E-state index in [1.807, 2.05) is 6.07 Å². The number of amides is 1. The van der Waals surface area contributed by atoms with Crippen molar-refractivity contribution in [3.05, 3.63) is 65.7 Å². The molecule has 1 fully saturated rings. The largest absolute Gasteiger partial charge is 0.444 e. The fourth-order valence-electron chi connectivity index (χ4n) is 3.12. The van der Waals surface area contributed by atoms with Crippen molar-refractivity contribution in [1.29, 1.82) is 0 Å². The van der Waals surface area contributed by atoms with Crippen LogP contribution in [0, 0.1) is 0 Å². The Bertz CT molecular complexity index is 936. The lowest BCUT2D eigenvalue weighted by Crippen LogP contribution is -2.40. The van der Waals surface area contributed by atoms with Crippen molar-refractivity contribution in [1.82, 2.24) is 4.90 Å². The van der Waals surface area contributed by atoms with Crippen LogP contribution in [0.5, 0.6) is 0 Å². The minimum atomic E-state index is -3.85. The Kier molecular flexibility index (Phi) is 6.11. The Morgan fingerprint density at radius 3 is 2.11 bits per heavy atom. The molecule has 0 spiro atoms. The smallest absolute Gasteiger partial charge is 0.339 e. The van der Waals surface area contributed by atoms with Crippen molar-refractivity contribution in [2.45, 2.75) is 30.3 Å². The number of ether oxygens (including phenoxy) is 1. The van der Waals surface area contributed by atoms with Crippen molar-refractivity contribution in [3.8, 4) is 0 Å². The lowest BCUT2D eigenvalue weighted by atomic mass is 10.1. The molecule has 0 aromatic heterocycles. The highest BCUT2D eigenvalue weighted by molar-refractivity contribution is 7.89. The Labute approximate surface area is 164 Å². The number of hydrogen-bond donors (Lipinski definition) is 1. The van der Waals surface area contributed by atoms with E-state index >= 15 is 0 Å². The molecule has 1 amide bonds. The number of piperidine rings is 1. The minimum absolute atomic E-state index is 0.104. The van der Waals surface area contributed by atoms with E-state index in [0.29, 0.717) is 18.7 Å². The molecule has 1 aliphatic heterocycles. The van der Waals surface area contributed by atoms with Gasteiger partial charge in [-0.1, -0.05) is 30.3 Å². The van der Waals surface area contributed by atoms with Gasteiger partial charge in [-0.05, 0) is 43.5 Å². The molecule has 1 saturated heterocycles. The molecule has 1 atom stereocenters. The van der Waals surface area contributed by atoms with Gasteiger partial charge in [-0.3, -0.25) is 4.79 Å². The predicted octanol–water partition coefficient (Wildman–Crippen LogP) is 2.24. The van der Waals surface area contributed by atoms with Gasteiger partial charge in [-0.25, -0.2) is 18.4 Å². The summed E-state index contributed by atoms with van der Waals surface area (Å²) in [4.78, 5) is 27.2. The average Bonchev–Trinajstić information content (AvgIpc) is 2.72. The van der Waals surface area contributed by atoms with E-state index in [1.165, 1.54) is 24.3 Å². The van der Waals surface area contributed by atoms with E-state index in [9.17, 15) is 18.0 Å². The zero-order chi connectivity index (χ0) is 20.1. The summed E-state index contributed by atoms with van der Waals surface area (Å²) in [6.45, 7) is 1.28. The summed E-state index contributed by atoms with van der Waals surface area (Å²) in [5.74, 6) is -0.958.